The molecule has 0 bridgehead atoms. The van der Waals surface area contributed by atoms with Gasteiger partial charge in [0.05, 0.1) is 12.7 Å². The Labute approximate surface area is 129 Å². The van der Waals surface area contributed by atoms with Crippen molar-refractivity contribution in [3.05, 3.63) is 29.8 Å². The Morgan fingerprint density at radius 1 is 1.35 bits per heavy atom. The second-order valence-corrected chi connectivity index (χ2v) is 6.04. The lowest BCUT2D eigenvalue weighted by Gasteiger charge is -2.32. The first-order valence-corrected chi connectivity index (χ1v) is 8.61. The zero-order valence-electron chi connectivity index (χ0n) is 11.7. The molecule has 1 aromatic carbocycles. The van der Waals surface area contributed by atoms with E-state index >= 15 is 0 Å². The van der Waals surface area contributed by atoms with Crippen LogP contribution < -0.4 is 0 Å². The van der Waals surface area contributed by atoms with E-state index < -0.39 is 0 Å². The molecule has 5 heteroatoms. The van der Waals surface area contributed by atoms with E-state index in [4.69, 9.17) is 16.3 Å². The summed E-state index contributed by atoms with van der Waals surface area (Å²) >= 11 is 7.29. The molecule has 1 heterocycles. The topological polar surface area (TPSA) is 29.5 Å². The Morgan fingerprint density at radius 2 is 2.00 bits per heavy atom. The third kappa shape index (κ3) is 4.14. The fraction of sp³-hybridized carbons (Fsp3) is 0.533. The van der Waals surface area contributed by atoms with Crippen LogP contribution >= 0.6 is 23.4 Å². The fourth-order valence-electron chi connectivity index (χ4n) is 2.35. The number of hydrogen-bond acceptors (Lipinski definition) is 3. The maximum Gasteiger partial charge on any atom is 0.253 e. The van der Waals surface area contributed by atoms with Gasteiger partial charge in [0.1, 0.15) is 0 Å². The Morgan fingerprint density at radius 3 is 2.55 bits per heavy atom. The number of carbonyl (C=O) groups is 1. The number of piperidine rings is 1. The van der Waals surface area contributed by atoms with Crippen LogP contribution in [-0.2, 0) is 4.74 Å². The van der Waals surface area contributed by atoms with Crippen molar-refractivity contribution in [2.45, 2.75) is 23.8 Å². The molecule has 1 saturated heterocycles. The second-order valence-electron chi connectivity index (χ2n) is 4.78. The van der Waals surface area contributed by atoms with Crippen molar-refractivity contribution in [1.82, 2.24) is 4.90 Å². The van der Waals surface area contributed by atoms with Gasteiger partial charge in [0.2, 0.25) is 0 Å². The van der Waals surface area contributed by atoms with Crippen LogP contribution in [-0.4, -0.2) is 48.7 Å². The maximum atomic E-state index is 12.4. The van der Waals surface area contributed by atoms with Crippen LogP contribution in [0.4, 0.5) is 0 Å². The van der Waals surface area contributed by atoms with Crippen molar-refractivity contribution >= 4 is 29.3 Å². The summed E-state index contributed by atoms with van der Waals surface area (Å²) in [6.07, 6.45) is 4.07. The number of halogens is 1. The summed E-state index contributed by atoms with van der Waals surface area (Å²) in [5.74, 6) is 0.648. The maximum absolute atomic E-state index is 12.4. The van der Waals surface area contributed by atoms with Crippen molar-refractivity contribution in [1.29, 1.82) is 0 Å². The number of ether oxygens (including phenoxy) is 1. The van der Waals surface area contributed by atoms with E-state index in [1.54, 1.807) is 11.8 Å². The van der Waals surface area contributed by atoms with Gasteiger partial charge in [0, 0.05) is 29.4 Å². The number of nitrogens with zero attached hydrogens (tertiary/aromatic N) is 1. The Balaban J connectivity index is 1.87. The first kappa shape index (κ1) is 15.7. The highest BCUT2D eigenvalue weighted by Crippen LogP contribution is 2.19. The van der Waals surface area contributed by atoms with Crippen LogP contribution in [0.15, 0.2) is 29.2 Å². The van der Waals surface area contributed by atoms with Crippen LogP contribution in [0.5, 0.6) is 0 Å². The van der Waals surface area contributed by atoms with Gasteiger partial charge in [-0.3, -0.25) is 4.79 Å². The minimum Gasteiger partial charge on any atom is -0.377 e. The summed E-state index contributed by atoms with van der Waals surface area (Å²) in [4.78, 5) is 15.5. The third-order valence-corrected chi connectivity index (χ3v) is 4.39. The molecule has 20 heavy (non-hydrogen) atoms. The number of alkyl halides is 1. The lowest BCUT2D eigenvalue weighted by Crippen LogP contribution is -2.41. The van der Waals surface area contributed by atoms with Gasteiger partial charge in [-0.1, -0.05) is 0 Å². The lowest BCUT2D eigenvalue weighted by atomic mass is 10.1. The number of likely N-dealkylation sites (tertiary alicyclic amines) is 1. The molecule has 0 N–H and O–H groups in total. The van der Waals surface area contributed by atoms with E-state index in [1.807, 2.05) is 35.4 Å². The fourth-order valence-corrected chi connectivity index (χ4v) is 2.85. The zero-order chi connectivity index (χ0) is 14.4. The molecule has 3 nitrogen and oxygen atoms in total. The van der Waals surface area contributed by atoms with Gasteiger partial charge in [0.15, 0.2) is 0 Å². The molecular weight excluding hydrogens is 294 g/mol. The molecule has 1 aliphatic rings. The SMILES string of the molecule is CSc1ccc(C(=O)N2CCC(OCCCl)CC2)cc1. The molecule has 0 unspecified atom stereocenters. The Kier molecular flexibility index (Phi) is 6.20. The highest BCUT2D eigenvalue weighted by molar-refractivity contribution is 7.98. The molecule has 0 spiro atoms. The summed E-state index contributed by atoms with van der Waals surface area (Å²) in [5.41, 5.74) is 0.767. The van der Waals surface area contributed by atoms with E-state index in [2.05, 4.69) is 0 Å². The highest BCUT2D eigenvalue weighted by Gasteiger charge is 2.23. The molecule has 0 aromatic heterocycles. The molecule has 0 aliphatic carbocycles. The van der Waals surface area contributed by atoms with Crippen molar-refractivity contribution in [2.24, 2.45) is 0 Å². The molecule has 1 fully saturated rings. The third-order valence-electron chi connectivity index (χ3n) is 3.50. The number of amides is 1. The smallest absolute Gasteiger partial charge is 0.253 e. The number of rotatable bonds is 5. The quantitative estimate of drug-likeness (QED) is 0.617. The van der Waals surface area contributed by atoms with Crippen LogP contribution in [0, 0.1) is 0 Å². The summed E-state index contributed by atoms with van der Waals surface area (Å²) < 4.78 is 5.62. The van der Waals surface area contributed by atoms with Crippen LogP contribution in [0.2, 0.25) is 0 Å². The molecule has 0 radical (unpaired) electrons. The first-order valence-electron chi connectivity index (χ1n) is 6.85. The van der Waals surface area contributed by atoms with Crippen LogP contribution in [0.3, 0.4) is 0 Å². The van der Waals surface area contributed by atoms with Crippen molar-refractivity contribution < 1.29 is 9.53 Å². The summed E-state index contributed by atoms with van der Waals surface area (Å²) in [7, 11) is 0. The molecule has 0 atom stereocenters. The number of benzene rings is 1. The second kappa shape index (κ2) is 7.91. The summed E-state index contributed by atoms with van der Waals surface area (Å²) in [6.45, 7) is 2.11. The number of hydrogen-bond donors (Lipinski definition) is 0. The normalized spacial score (nSPS) is 16.4. The molecule has 1 aromatic rings. The molecule has 0 saturated carbocycles. The highest BCUT2D eigenvalue weighted by atomic mass is 35.5. The molecule has 110 valence electrons. The number of thioether (sulfide) groups is 1. The van der Waals surface area contributed by atoms with E-state index in [1.165, 1.54) is 4.90 Å². The monoisotopic (exact) mass is 313 g/mol. The van der Waals surface area contributed by atoms with Crippen LogP contribution in [0.1, 0.15) is 23.2 Å². The predicted octanol–water partition coefficient (Wildman–Crippen LogP) is 3.27. The minimum atomic E-state index is 0.119. The Hall–Kier alpha value is -0.710. The standard InChI is InChI=1S/C15H20ClNO2S/c1-20-14-4-2-12(3-5-14)15(18)17-9-6-13(7-10-17)19-11-8-16/h2-5,13H,6-11H2,1H3. The van der Waals surface area contributed by atoms with E-state index in [-0.39, 0.29) is 12.0 Å². The molecule has 1 aliphatic heterocycles. The molecule has 2 rings (SSSR count). The van der Waals surface area contributed by atoms with Gasteiger partial charge < -0.3 is 9.64 Å². The zero-order valence-corrected chi connectivity index (χ0v) is 13.3. The molecular formula is C15H20ClNO2S. The van der Waals surface area contributed by atoms with E-state index in [0.717, 1.165) is 31.5 Å². The predicted molar refractivity (Wildman–Crippen MR) is 83.8 cm³/mol. The van der Waals surface area contributed by atoms with Crippen molar-refractivity contribution in [2.75, 3.05) is 31.8 Å². The first-order chi connectivity index (χ1) is 9.74. The summed E-state index contributed by atoms with van der Waals surface area (Å²) in [6, 6.07) is 7.80. The van der Waals surface area contributed by atoms with Gasteiger partial charge in [-0.05, 0) is 43.4 Å². The molecule has 1 amide bonds. The lowest BCUT2D eigenvalue weighted by molar-refractivity contribution is 0.0154. The van der Waals surface area contributed by atoms with E-state index in [9.17, 15) is 4.79 Å². The van der Waals surface area contributed by atoms with E-state index in [0.29, 0.717) is 12.5 Å². The van der Waals surface area contributed by atoms with Gasteiger partial charge in [-0.15, -0.1) is 23.4 Å². The van der Waals surface area contributed by atoms with Gasteiger partial charge >= 0.3 is 0 Å². The van der Waals surface area contributed by atoms with Crippen molar-refractivity contribution in [3.63, 3.8) is 0 Å². The number of carbonyl (C=O) groups excluding carboxylic acids is 1. The van der Waals surface area contributed by atoms with Gasteiger partial charge in [-0.25, -0.2) is 0 Å². The Bertz CT molecular complexity index is 430. The largest absolute Gasteiger partial charge is 0.377 e. The average molecular weight is 314 g/mol. The summed E-state index contributed by atoms with van der Waals surface area (Å²) in [5, 5.41) is 0. The van der Waals surface area contributed by atoms with Crippen molar-refractivity contribution in [3.8, 4) is 0 Å². The van der Waals surface area contributed by atoms with Crippen LogP contribution in [0.25, 0.3) is 0 Å². The van der Waals surface area contributed by atoms with Gasteiger partial charge in [0.25, 0.3) is 5.91 Å². The minimum absolute atomic E-state index is 0.119. The average Bonchev–Trinajstić information content (AvgIpc) is 2.53. The van der Waals surface area contributed by atoms with Gasteiger partial charge in [-0.2, -0.15) is 0 Å².